The molecule has 0 bridgehead atoms. The summed E-state index contributed by atoms with van der Waals surface area (Å²) in [5, 5.41) is 17.6. The van der Waals surface area contributed by atoms with Crippen LogP contribution in [-0.2, 0) is 0 Å². The summed E-state index contributed by atoms with van der Waals surface area (Å²) in [5.74, 6) is 1.19. The Kier molecular flexibility index (Phi) is 4.86. The van der Waals surface area contributed by atoms with E-state index in [4.69, 9.17) is 0 Å². The lowest BCUT2D eigenvalue weighted by Crippen LogP contribution is -2.68. The quantitative estimate of drug-likeness (QED) is 0.413. The fourth-order valence-corrected chi connectivity index (χ4v) is 4.76. The highest BCUT2D eigenvalue weighted by molar-refractivity contribution is 8.03. The first-order chi connectivity index (χ1) is 10.9. The molecule has 0 aromatic carbocycles. The maximum atomic E-state index is 3.62. The first-order valence-electron chi connectivity index (χ1n) is 8.36. The summed E-state index contributed by atoms with van der Waals surface area (Å²) in [6, 6.07) is 0.425. The molecule has 4 heterocycles. The van der Waals surface area contributed by atoms with Gasteiger partial charge in [0.2, 0.25) is 0 Å². The summed E-state index contributed by atoms with van der Waals surface area (Å²) in [6.07, 6.45) is 3.15. The van der Waals surface area contributed by atoms with Gasteiger partial charge in [0.1, 0.15) is 0 Å². The predicted octanol–water partition coefficient (Wildman–Crippen LogP) is -1.90. The predicted molar refractivity (Wildman–Crippen MR) is 90.2 cm³/mol. The van der Waals surface area contributed by atoms with Crippen LogP contribution in [0.2, 0.25) is 0 Å². The average molecular weight is 325 g/mol. The van der Waals surface area contributed by atoms with Crippen molar-refractivity contribution in [3.63, 3.8) is 0 Å². The monoisotopic (exact) mass is 325 g/mol. The Balaban J connectivity index is 1.41. The summed E-state index contributed by atoms with van der Waals surface area (Å²) in [7, 11) is 0. The van der Waals surface area contributed by atoms with Gasteiger partial charge in [-0.3, -0.25) is 26.2 Å². The third kappa shape index (κ3) is 3.28. The van der Waals surface area contributed by atoms with E-state index in [-0.39, 0.29) is 0 Å². The van der Waals surface area contributed by atoms with Crippen molar-refractivity contribution >= 4 is 11.8 Å². The minimum Gasteiger partial charge on any atom is -0.359 e. The summed E-state index contributed by atoms with van der Waals surface area (Å²) in [5.41, 5.74) is 0. The number of nitrogens with zero attached hydrogens (tertiary/aromatic N) is 2. The van der Waals surface area contributed by atoms with E-state index in [1.165, 1.54) is 23.7 Å². The van der Waals surface area contributed by atoms with E-state index in [1.54, 1.807) is 0 Å². The lowest BCUT2D eigenvalue weighted by molar-refractivity contribution is 0.140. The first-order valence-corrected chi connectivity index (χ1v) is 9.34. The standard InChI is InChI=1S/C14H27N7S/c1-3-20(4-2-15-1)7-11-8-21(5-6-22-11)14-12-13(17-9-16-12)18-10-19-14/h8,12-19H,1-7,9-10H2. The molecule has 22 heavy (non-hydrogen) atoms. The van der Waals surface area contributed by atoms with Gasteiger partial charge in [-0.15, -0.1) is 11.8 Å². The van der Waals surface area contributed by atoms with Gasteiger partial charge in [0.25, 0.3) is 0 Å². The molecule has 8 heteroatoms. The highest BCUT2D eigenvalue weighted by Gasteiger charge is 2.38. The molecular weight excluding hydrogens is 298 g/mol. The third-order valence-electron chi connectivity index (χ3n) is 4.89. The summed E-state index contributed by atoms with van der Waals surface area (Å²) >= 11 is 2.03. The van der Waals surface area contributed by atoms with Crippen LogP contribution in [0.15, 0.2) is 11.1 Å². The van der Waals surface area contributed by atoms with E-state index >= 15 is 0 Å². The molecule has 0 amide bonds. The number of thioether (sulfide) groups is 1. The molecule has 4 rings (SSSR count). The minimum absolute atomic E-state index is 0.375. The van der Waals surface area contributed by atoms with E-state index in [2.05, 4.69) is 42.6 Å². The van der Waals surface area contributed by atoms with E-state index < -0.39 is 0 Å². The maximum Gasteiger partial charge on any atom is 0.0986 e. The Labute approximate surface area is 136 Å². The fourth-order valence-electron chi connectivity index (χ4n) is 3.71. The number of hydrogen-bond acceptors (Lipinski definition) is 8. The van der Waals surface area contributed by atoms with Crippen molar-refractivity contribution in [2.45, 2.75) is 18.4 Å². The molecule has 4 aliphatic rings. The van der Waals surface area contributed by atoms with Crippen LogP contribution in [0.5, 0.6) is 0 Å². The van der Waals surface area contributed by atoms with E-state index in [0.717, 1.165) is 39.5 Å². The van der Waals surface area contributed by atoms with Crippen molar-refractivity contribution < 1.29 is 0 Å². The summed E-state index contributed by atoms with van der Waals surface area (Å²) < 4.78 is 0. The van der Waals surface area contributed by atoms with E-state index in [0.29, 0.717) is 18.4 Å². The molecule has 3 unspecified atom stereocenters. The molecule has 4 aliphatic heterocycles. The zero-order valence-corrected chi connectivity index (χ0v) is 13.8. The Bertz CT molecular complexity index is 412. The second-order valence-corrected chi connectivity index (χ2v) is 7.55. The topological polar surface area (TPSA) is 66.6 Å². The molecule has 0 radical (unpaired) electrons. The average Bonchev–Trinajstić information content (AvgIpc) is 3.04. The molecule has 5 N–H and O–H groups in total. The molecule has 3 atom stereocenters. The van der Waals surface area contributed by atoms with Crippen LogP contribution in [0.1, 0.15) is 0 Å². The van der Waals surface area contributed by atoms with Gasteiger partial charge in [-0.05, 0) is 0 Å². The highest BCUT2D eigenvalue weighted by atomic mass is 32.2. The van der Waals surface area contributed by atoms with Crippen LogP contribution in [-0.4, -0.2) is 86.5 Å². The second kappa shape index (κ2) is 7.04. The van der Waals surface area contributed by atoms with Gasteiger partial charge in [0.15, 0.2) is 0 Å². The third-order valence-corrected chi connectivity index (χ3v) is 5.88. The van der Waals surface area contributed by atoms with Gasteiger partial charge in [0, 0.05) is 69.5 Å². The zero-order valence-electron chi connectivity index (χ0n) is 13.0. The van der Waals surface area contributed by atoms with Crippen molar-refractivity contribution in [1.29, 1.82) is 0 Å². The number of rotatable bonds is 3. The molecule has 124 valence electrons. The Morgan fingerprint density at radius 3 is 2.73 bits per heavy atom. The number of hydrogen-bond donors (Lipinski definition) is 5. The van der Waals surface area contributed by atoms with Gasteiger partial charge >= 0.3 is 0 Å². The SMILES string of the molecule is C1=C(CN2CCNCC2)SCCN1C1NCNC2NCNC21. The Hall–Kier alpha value is -0.350. The molecule has 0 aromatic heterocycles. The van der Waals surface area contributed by atoms with Crippen LogP contribution < -0.4 is 26.6 Å². The first kappa shape index (κ1) is 15.2. The number of piperazine rings is 1. The smallest absolute Gasteiger partial charge is 0.0986 e. The molecular formula is C14H27N7S. The van der Waals surface area contributed by atoms with Crippen molar-refractivity contribution in [3.05, 3.63) is 11.1 Å². The lowest BCUT2D eigenvalue weighted by Gasteiger charge is -2.43. The van der Waals surface area contributed by atoms with Crippen molar-refractivity contribution in [2.75, 3.05) is 58.4 Å². The van der Waals surface area contributed by atoms with Crippen molar-refractivity contribution in [3.8, 4) is 0 Å². The van der Waals surface area contributed by atoms with Crippen LogP contribution in [0.3, 0.4) is 0 Å². The zero-order chi connectivity index (χ0) is 14.8. The van der Waals surface area contributed by atoms with Crippen molar-refractivity contribution in [2.24, 2.45) is 0 Å². The van der Waals surface area contributed by atoms with E-state index in [1.807, 2.05) is 11.8 Å². The fraction of sp³-hybridized carbons (Fsp3) is 0.857. The van der Waals surface area contributed by atoms with Crippen LogP contribution >= 0.6 is 11.8 Å². The minimum atomic E-state index is 0.375. The number of fused-ring (bicyclic) bond motifs is 1. The van der Waals surface area contributed by atoms with E-state index in [9.17, 15) is 0 Å². The highest BCUT2D eigenvalue weighted by Crippen LogP contribution is 2.25. The molecule has 0 saturated carbocycles. The largest absolute Gasteiger partial charge is 0.359 e. The molecule has 7 nitrogen and oxygen atoms in total. The normalized spacial score (nSPS) is 37.0. The Morgan fingerprint density at radius 2 is 1.86 bits per heavy atom. The molecule has 3 fully saturated rings. The molecule has 0 aliphatic carbocycles. The van der Waals surface area contributed by atoms with Crippen LogP contribution in [0, 0.1) is 0 Å². The molecule has 3 saturated heterocycles. The molecule has 0 spiro atoms. The lowest BCUT2D eigenvalue weighted by atomic mass is 10.1. The summed E-state index contributed by atoms with van der Waals surface area (Å²) in [4.78, 5) is 6.58. The molecule has 0 aromatic rings. The van der Waals surface area contributed by atoms with Gasteiger partial charge in [-0.1, -0.05) is 0 Å². The van der Waals surface area contributed by atoms with Gasteiger partial charge in [-0.25, -0.2) is 0 Å². The summed E-state index contributed by atoms with van der Waals surface area (Å²) in [6.45, 7) is 8.56. The van der Waals surface area contributed by atoms with Gasteiger partial charge < -0.3 is 10.2 Å². The van der Waals surface area contributed by atoms with Crippen molar-refractivity contribution in [1.82, 2.24) is 36.4 Å². The Morgan fingerprint density at radius 1 is 1.05 bits per heavy atom. The van der Waals surface area contributed by atoms with Gasteiger partial charge in [-0.2, -0.15) is 0 Å². The van der Waals surface area contributed by atoms with Crippen LogP contribution in [0.4, 0.5) is 0 Å². The van der Waals surface area contributed by atoms with Gasteiger partial charge in [0.05, 0.1) is 18.4 Å². The maximum absolute atomic E-state index is 3.62. The number of nitrogens with one attached hydrogen (secondary N) is 5. The van der Waals surface area contributed by atoms with Crippen LogP contribution in [0.25, 0.3) is 0 Å². The second-order valence-electron chi connectivity index (χ2n) is 6.33.